The topological polar surface area (TPSA) is 17.1 Å². The highest BCUT2D eigenvalue weighted by molar-refractivity contribution is 5.98. The fourth-order valence-electron chi connectivity index (χ4n) is 2.19. The van der Waals surface area contributed by atoms with Crippen LogP contribution in [0.15, 0.2) is 30.3 Å². The van der Waals surface area contributed by atoms with Crippen molar-refractivity contribution in [1.82, 2.24) is 0 Å². The molecule has 0 N–H and O–H groups in total. The molecule has 0 spiro atoms. The third-order valence-electron chi connectivity index (χ3n) is 3.27. The number of carbonyl (C=O) groups excluding carboxylic acids is 1. The Morgan fingerprint density at radius 3 is 2.00 bits per heavy atom. The van der Waals surface area contributed by atoms with E-state index >= 15 is 0 Å². The summed E-state index contributed by atoms with van der Waals surface area (Å²) in [5, 5.41) is 0. The van der Waals surface area contributed by atoms with Crippen LogP contribution in [-0.4, -0.2) is 5.78 Å². The average molecular weight is 278 g/mol. The van der Waals surface area contributed by atoms with E-state index in [1.807, 2.05) is 32.0 Å². The molecular formula is C16H13F3O. The average Bonchev–Trinajstić information content (AvgIpc) is 2.32. The first-order valence-electron chi connectivity index (χ1n) is 6.13. The summed E-state index contributed by atoms with van der Waals surface area (Å²) in [6, 6.07) is 6.53. The largest absolute Gasteiger partial charge is 0.294 e. The van der Waals surface area contributed by atoms with E-state index in [9.17, 15) is 18.0 Å². The summed E-state index contributed by atoms with van der Waals surface area (Å²) < 4.78 is 40.0. The smallest absolute Gasteiger partial charge is 0.173 e. The molecule has 0 aliphatic carbocycles. The molecule has 0 saturated carbocycles. The first kappa shape index (κ1) is 14.3. The van der Waals surface area contributed by atoms with E-state index in [1.165, 1.54) is 0 Å². The summed E-state index contributed by atoms with van der Waals surface area (Å²) in [5.41, 5.74) is 1.80. The van der Waals surface area contributed by atoms with Gasteiger partial charge in [-0.3, -0.25) is 4.79 Å². The zero-order chi connectivity index (χ0) is 14.9. The van der Waals surface area contributed by atoms with Crippen molar-refractivity contribution in [1.29, 1.82) is 0 Å². The van der Waals surface area contributed by atoms with Crippen LogP contribution < -0.4 is 0 Å². The van der Waals surface area contributed by atoms with E-state index < -0.39 is 28.8 Å². The van der Waals surface area contributed by atoms with Crippen LogP contribution in [0.3, 0.4) is 0 Å². The van der Waals surface area contributed by atoms with E-state index in [1.54, 1.807) is 0 Å². The van der Waals surface area contributed by atoms with Crippen LogP contribution >= 0.6 is 0 Å². The van der Waals surface area contributed by atoms with Gasteiger partial charge in [-0.25, -0.2) is 13.2 Å². The van der Waals surface area contributed by atoms with Crippen molar-refractivity contribution < 1.29 is 18.0 Å². The van der Waals surface area contributed by atoms with Crippen molar-refractivity contribution in [2.75, 3.05) is 0 Å². The first-order chi connectivity index (χ1) is 9.40. The Kier molecular flexibility index (Phi) is 3.93. The number of aryl methyl sites for hydroxylation is 2. The number of carbonyl (C=O) groups is 1. The van der Waals surface area contributed by atoms with Gasteiger partial charge in [-0.15, -0.1) is 0 Å². The molecule has 0 bridgehead atoms. The normalized spacial score (nSPS) is 10.7. The van der Waals surface area contributed by atoms with Crippen molar-refractivity contribution in [2.24, 2.45) is 0 Å². The molecule has 20 heavy (non-hydrogen) atoms. The fourth-order valence-corrected chi connectivity index (χ4v) is 2.19. The van der Waals surface area contributed by atoms with E-state index in [4.69, 9.17) is 0 Å². The third-order valence-corrected chi connectivity index (χ3v) is 3.27. The van der Waals surface area contributed by atoms with E-state index in [0.717, 1.165) is 16.7 Å². The maximum atomic E-state index is 13.6. The Bertz CT molecular complexity index is 634. The molecular weight excluding hydrogens is 265 g/mol. The standard InChI is InChI=1S/C16H13F3O/c1-9-4-3-5-10(2)12(9)8-15(20)16-13(18)6-11(17)7-14(16)19/h3-7H,8H2,1-2H3. The molecule has 0 saturated heterocycles. The summed E-state index contributed by atoms with van der Waals surface area (Å²) in [6.45, 7) is 3.65. The van der Waals surface area contributed by atoms with Gasteiger partial charge in [0.1, 0.15) is 17.5 Å². The maximum absolute atomic E-state index is 13.6. The molecule has 0 aromatic heterocycles. The monoisotopic (exact) mass is 278 g/mol. The first-order valence-corrected chi connectivity index (χ1v) is 6.13. The lowest BCUT2D eigenvalue weighted by Gasteiger charge is -2.10. The van der Waals surface area contributed by atoms with Crippen LogP contribution in [0.5, 0.6) is 0 Å². The van der Waals surface area contributed by atoms with Crippen molar-refractivity contribution in [3.63, 3.8) is 0 Å². The lowest BCUT2D eigenvalue weighted by Crippen LogP contribution is -2.11. The second kappa shape index (κ2) is 5.49. The molecule has 2 rings (SSSR count). The minimum absolute atomic E-state index is 0.113. The number of hydrogen-bond donors (Lipinski definition) is 0. The second-order valence-electron chi connectivity index (χ2n) is 4.71. The number of Topliss-reactive ketones (excluding diaryl/α,β-unsaturated/α-hetero) is 1. The summed E-state index contributed by atoms with van der Waals surface area (Å²) in [4.78, 5) is 12.1. The second-order valence-corrected chi connectivity index (χ2v) is 4.71. The Labute approximate surface area is 115 Å². The number of hydrogen-bond acceptors (Lipinski definition) is 1. The fraction of sp³-hybridized carbons (Fsp3) is 0.188. The molecule has 0 heterocycles. The Morgan fingerprint density at radius 1 is 1.00 bits per heavy atom. The molecule has 104 valence electrons. The van der Waals surface area contributed by atoms with Crippen LogP contribution in [0.2, 0.25) is 0 Å². The molecule has 0 radical (unpaired) electrons. The summed E-state index contributed by atoms with van der Waals surface area (Å²) in [5.74, 6) is -4.07. The van der Waals surface area contributed by atoms with Gasteiger partial charge in [0, 0.05) is 18.6 Å². The minimum atomic E-state index is -1.17. The van der Waals surface area contributed by atoms with Gasteiger partial charge in [0.05, 0.1) is 5.56 Å². The van der Waals surface area contributed by atoms with Gasteiger partial charge in [-0.1, -0.05) is 18.2 Å². The predicted octanol–water partition coefficient (Wildman–Crippen LogP) is 4.15. The summed E-state index contributed by atoms with van der Waals surface area (Å²) >= 11 is 0. The van der Waals surface area contributed by atoms with Gasteiger partial charge in [-0.05, 0) is 30.5 Å². The van der Waals surface area contributed by atoms with Gasteiger partial charge in [0.2, 0.25) is 0 Å². The molecule has 1 nitrogen and oxygen atoms in total. The lowest BCUT2D eigenvalue weighted by atomic mass is 9.95. The molecule has 0 unspecified atom stereocenters. The van der Waals surface area contributed by atoms with E-state index in [-0.39, 0.29) is 6.42 Å². The van der Waals surface area contributed by atoms with E-state index in [0.29, 0.717) is 12.1 Å². The van der Waals surface area contributed by atoms with Gasteiger partial charge in [0.15, 0.2) is 5.78 Å². The highest BCUT2D eigenvalue weighted by Gasteiger charge is 2.20. The molecule has 0 fully saturated rings. The number of benzene rings is 2. The van der Waals surface area contributed by atoms with Crippen molar-refractivity contribution >= 4 is 5.78 Å². The van der Waals surface area contributed by atoms with Crippen LogP contribution in [-0.2, 0) is 6.42 Å². The molecule has 0 aliphatic rings. The van der Waals surface area contributed by atoms with Gasteiger partial charge < -0.3 is 0 Å². The van der Waals surface area contributed by atoms with Crippen molar-refractivity contribution in [2.45, 2.75) is 20.3 Å². The predicted molar refractivity (Wildman–Crippen MR) is 70.3 cm³/mol. The molecule has 2 aromatic rings. The Balaban J connectivity index is 2.39. The zero-order valence-electron chi connectivity index (χ0n) is 11.1. The van der Waals surface area contributed by atoms with Gasteiger partial charge >= 0.3 is 0 Å². The SMILES string of the molecule is Cc1cccc(C)c1CC(=O)c1c(F)cc(F)cc1F. The highest BCUT2D eigenvalue weighted by Crippen LogP contribution is 2.20. The van der Waals surface area contributed by atoms with Crippen molar-refractivity contribution in [3.05, 3.63) is 70.0 Å². The quantitative estimate of drug-likeness (QED) is 0.771. The summed E-state index contributed by atoms with van der Waals surface area (Å²) in [7, 11) is 0. The minimum Gasteiger partial charge on any atom is -0.294 e. The highest BCUT2D eigenvalue weighted by atomic mass is 19.1. The van der Waals surface area contributed by atoms with Crippen LogP contribution in [0.25, 0.3) is 0 Å². The number of rotatable bonds is 3. The zero-order valence-corrected chi connectivity index (χ0v) is 11.1. The van der Waals surface area contributed by atoms with Crippen LogP contribution in [0.1, 0.15) is 27.0 Å². The molecule has 0 aliphatic heterocycles. The summed E-state index contributed by atoms with van der Waals surface area (Å²) in [6.07, 6.45) is -0.113. The molecule has 2 aromatic carbocycles. The Morgan fingerprint density at radius 2 is 1.50 bits per heavy atom. The maximum Gasteiger partial charge on any atom is 0.173 e. The Hall–Kier alpha value is -2.10. The lowest BCUT2D eigenvalue weighted by molar-refractivity contribution is 0.0984. The molecule has 0 atom stereocenters. The molecule has 4 heteroatoms. The van der Waals surface area contributed by atoms with Crippen molar-refractivity contribution in [3.8, 4) is 0 Å². The van der Waals surface area contributed by atoms with Gasteiger partial charge in [0.25, 0.3) is 0 Å². The van der Waals surface area contributed by atoms with Crippen LogP contribution in [0.4, 0.5) is 13.2 Å². The van der Waals surface area contributed by atoms with Gasteiger partial charge in [-0.2, -0.15) is 0 Å². The number of halogens is 3. The molecule has 0 amide bonds. The third kappa shape index (κ3) is 2.74. The van der Waals surface area contributed by atoms with E-state index in [2.05, 4.69) is 0 Å². The number of ketones is 1. The van der Waals surface area contributed by atoms with Crippen LogP contribution in [0, 0.1) is 31.3 Å².